The van der Waals surface area contributed by atoms with Crippen LogP contribution in [0, 0.1) is 23.7 Å². The molecule has 0 aliphatic carbocycles. The van der Waals surface area contributed by atoms with E-state index in [1.807, 2.05) is 51.3 Å². The van der Waals surface area contributed by atoms with Gasteiger partial charge in [0.25, 0.3) is 0 Å². The number of benzene rings is 4. The van der Waals surface area contributed by atoms with Crippen LogP contribution in [-0.4, -0.2) is 95.2 Å². The molecule has 3 aliphatic heterocycles. The van der Waals surface area contributed by atoms with Crippen molar-refractivity contribution >= 4 is 62.1 Å². The van der Waals surface area contributed by atoms with Crippen molar-refractivity contribution in [1.29, 1.82) is 0 Å². The first kappa shape index (κ1) is 40.8. The van der Waals surface area contributed by atoms with Crippen LogP contribution in [0.1, 0.15) is 83.8 Å². The zero-order valence-electron chi connectivity index (χ0n) is 35.8. The molecule has 2 N–H and O–H groups in total. The fourth-order valence-electron chi connectivity index (χ4n) is 9.22. The molecular weight excluding hydrogens is 757 g/mol. The Hall–Kier alpha value is -5.93. The summed E-state index contributed by atoms with van der Waals surface area (Å²) < 4.78 is 16.1. The van der Waals surface area contributed by atoms with Gasteiger partial charge in [-0.25, -0.2) is 14.6 Å². The molecule has 0 saturated carbocycles. The first-order valence-electron chi connectivity index (χ1n) is 20.9. The Morgan fingerprint density at radius 3 is 2.45 bits per heavy atom. The predicted molar refractivity (Wildman–Crippen MR) is 234 cm³/mol. The van der Waals surface area contributed by atoms with Crippen LogP contribution in [0.4, 0.5) is 15.3 Å². The maximum atomic E-state index is 13.8. The highest BCUT2D eigenvalue weighted by Crippen LogP contribution is 2.40. The van der Waals surface area contributed by atoms with E-state index < -0.39 is 17.7 Å². The number of H-pyrrole nitrogens is 1. The number of fused-ring (bicyclic) bond motifs is 6. The normalized spacial score (nSPS) is 19.4. The Bertz CT molecular complexity index is 2610. The minimum absolute atomic E-state index is 0.123. The predicted octanol–water partition coefficient (Wildman–Crippen LogP) is 8.85. The van der Waals surface area contributed by atoms with E-state index in [9.17, 15) is 14.4 Å². The number of nitrogens with one attached hydrogen (secondary N) is 2. The Morgan fingerprint density at radius 1 is 0.967 bits per heavy atom. The number of carbonyl (C=O) groups excluding carboxylic acids is 3. The smallest absolute Gasteiger partial charge is 0.410 e. The molecule has 0 radical (unpaired) electrons. The molecular formula is C48H54N6O6. The molecule has 0 spiro atoms. The summed E-state index contributed by atoms with van der Waals surface area (Å²) in [6, 6.07) is 18.2. The van der Waals surface area contributed by atoms with Gasteiger partial charge in [-0.05, 0) is 105 Å². The first-order valence-corrected chi connectivity index (χ1v) is 20.9. The maximum Gasteiger partial charge on any atom is 0.410 e. The third-order valence-corrected chi connectivity index (χ3v) is 12.0. The van der Waals surface area contributed by atoms with Gasteiger partial charge in [-0.2, -0.15) is 0 Å². The van der Waals surface area contributed by atoms with Crippen molar-refractivity contribution in [2.45, 2.75) is 91.0 Å². The number of rotatable bonds is 8. The largest absolute Gasteiger partial charge is 0.453 e. The van der Waals surface area contributed by atoms with Crippen LogP contribution < -0.4 is 5.32 Å². The highest BCUT2D eigenvalue weighted by atomic mass is 16.6. The topological polar surface area (TPSA) is 138 Å². The molecule has 3 aliphatic rings. The average Bonchev–Trinajstić information content (AvgIpc) is 4.04. The SMILES string of the molecule is CC#Cc1cc2[nH]c([C@@H]3CCCN3C(=O)[C@@H](NC(=O)OC)C(C)C)nc2c2ccc(-c3ccc4c5c(ccc4c3)N=C([C@@H]3C[C@H](COC)CN3C(=O)OC(C)(C)C)C5)cc12. The van der Waals surface area contributed by atoms with E-state index in [4.69, 9.17) is 24.2 Å². The summed E-state index contributed by atoms with van der Waals surface area (Å²) >= 11 is 0. The van der Waals surface area contributed by atoms with E-state index in [0.29, 0.717) is 26.1 Å². The molecule has 60 heavy (non-hydrogen) atoms. The van der Waals surface area contributed by atoms with Crippen molar-refractivity contribution in [3.63, 3.8) is 0 Å². The number of amides is 3. The van der Waals surface area contributed by atoms with Gasteiger partial charge in [-0.1, -0.05) is 50.1 Å². The van der Waals surface area contributed by atoms with Crippen LogP contribution in [0.25, 0.3) is 43.7 Å². The van der Waals surface area contributed by atoms with Gasteiger partial charge < -0.3 is 29.4 Å². The number of nitrogens with zero attached hydrogens (tertiary/aromatic N) is 4. The number of likely N-dealkylation sites (tertiary alicyclic amines) is 2. The van der Waals surface area contributed by atoms with E-state index in [2.05, 4.69) is 76.7 Å². The monoisotopic (exact) mass is 810 g/mol. The third-order valence-electron chi connectivity index (χ3n) is 12.0. The van der Waals surface area contributed by atoms with Gasteiger partial charge in [-0.3, -0.25) is 14.7 Å². The van der Waals surface area contributed by atoms with Crippen LogP contribution in [-0.2, 0) is 25.4 Å². The van der Waals surface area contributed by atoms with Crippen LogP contribution >= 0.6 is 0 Å². The molecule has 12 heteroatoms. The number of imidazole rings is 1. The molecule has 4 aromatic carbocycles. The van der Waals surface area contributed by atoms with Crippen molar-refractivity contribution in [2.24, 2.45) is 16.8 Å². The Balaban J connectivity index is 1.08. The van der Waals surface area contributed by atoms with E-state index in [1.165, 1.54) is 12.7 Å². The number of aromatic amines is 1. The lowest BCUT2D eigenvalue weighted by molar-refractivity contribution is -0.135. The Kier molecular flexibility index (Phi) is 11.1. The third kappa shape index (κ3) is 7.79. The summed E-state index contributed by atoms with van der Waals surface area (Å²) in [5.74, 6) is 7.09. The second-order valence-electron chi connectivity index (χ2n) is 17.6. The Labute approximate surface area is 351 Å². The lowest BCUT2D eigenvalue weighted by Crippen LogP contribution is -2.51. The number of alkyl carbamates (subject to hydrolysis) is 1. The molecule has 312 valence electrons. The van der Waals surface area contributed by atoms with Gasteiger partial charge in [0.05, 0.1) is 42.5 Å². The van der Waals surface area contributed by atoms with E-state index in [0.717, 1.165) is 85.8 Å². The van der Waals surface area contributed by atoms with Gasteiger partial charge in [0.15, 0.2) is 0 Å². The fraction of sp³-hybridized carbons (Fsp3) is 0.438. The first-order chi connectivity index (χ1) is 28.8. The molecule has 12 nitrogen and oxygen atoms in total. The van der Waals surface area contributed by atoms with Crippen LogP contribution in [0.2, 0.25) is 0 Å². The van der Waals surface area contributed by atoms with Crippen LogP contribution in [0.15, 0.2) is 59.6 Å². The van der Waals surface area contributed by atoms with Gasteiger partial charge in [-0.15, -0.1) is 5.92 Å². The molecule has 0 unspecified atom stereocenters. The molecule has 3 amide bonds. The lowest BCUT2D eigenvalue weighted by atomic mass is 9.93. The molecule has 0 bridgehead atoms. The van der Waals surface area contributed by atoms with Crippen LogP contribution in [0.5, 0.6) is 0 Å². The number of carbonyl (C=O) groups is 3. The summed E-state index contributed by atoms with van der Waals surface area (Å²) in [6.45, 7) is 13.1. The van der Waals surface area contributed by atoms with Gasteiger partial charge in [0.2, 0.25) is 5.91 Å². The van der Waals surface area contributed by atoms with Crippen molar-refractivity contribution in [3.05, 3.63) is 71.5 Å². The van der Waals surface area contributed by atoms with Crippen molar-refractivity contribution in [1.82, 2.24) is 25.1 Å². The Morgan fingerprint density at radius 2 is 1.73 bits per heavy atom. The summed E-state index contributed by atoms with van der Waals surface area (Å²) in [5.41, 5.74) is 7.23. The number of hydrogen-bond acceptors (Lipinski definition) is 8. The van der Waals surface area contributed by atoms with E-state index >= 15 is 0 Å². The molecule has 2 fully saturated rings. The molecule has 1 aromatic heterocycles. The standard InChI is InChI=1S/C48H54N6O6/c1-9-11-31-23-39-43(51-44(50-39)40-12-10-19-53(40)45(55)42(27(2)3)52-46(56)59-8)34-17-14-30(22-35(31)34)29-13-16-33-32(21-29)15-18-37-36(33)24-38(49-37)41-20-28(26-58-7)25-54(41)47(57)60-48(4,5)6/h13-18,21-23,27-28,40-42H,10,12,19-20,24-26H2,1-8H3,(H,50,51)(H,52,56)/t28-,40-,41-,42-/m0/s1. The van der Waals surface area contributed by atoms with E-state index in [1.54, 1.807) is 7.11 Å². The molecule has 5 aromatic rings. The highest BCUT2D eigenvalue weighted by Gasteiger charge is 2.42. The summed E-state index contributed by atoms with van der Waals surface area (Å²) in [7, 11) is 3.00. The number of aromatic nitrogens is 2. The zero-order chi connectivity index (χ0) is 42.5. The van der Waals surface area contributed by atoms with Crippen molar-refractivity contribution in [3.8, 4) is 23.0 Å². The van der Waals surface area contributed by atoms with Crippen molar-refractivity contribution in [2.75, 3.05) is 33.9 Å². The summed E-state index contributed by atoms with van der Waals surface area (Å²) in [5, 5.41) is 6.97. The second kappa shape index (κ2) is 16.3. The maximum absolute atomic E-state index is 13.8. The molecule has 4 heterocycles. The quantitative estimate of drug-likeness (QED) is 0.149. The number of ether oxygens (including phenoxy) is 3. The average molecular weight is 811 g/mol. The molecule has 2 saturated heterocycles. The van der Waals surface area contributed by atoms with Gasteiger partial charge in [0.1, 0.15) is 17.5 Å². The molecule has 4 atom stereocenters. The lowest BCUT2D eigenvalue weighted by Gasteiger charge is -2.29. The zero-order valence-corrected chi connectivity index (χ0v) is 35.8. The van der Waals surface area contributed by atoms with Crippen molar-refractivity contribution < 1.29 is 28.6 Å². The van der Waals surface area contributed by atoms with Crippen LogP contribution in [0.3, 0.4) is 0 Å². The summed E-state index contributed by atoms with van der Waals surface area (Å²) in [6.07, 6.45) is 2.11. The van der Waals surface area contributed by atoms with Gasteiger partial charge >= 0.3 is 12.2 Å². The van der Waals surface area contributed by atoms with E-state index in [-0.39, 0.29) is 35.9 Å². The fourth-order valence-corrected chi connectivity index (χ4v) is 9.22. The number of hydrogen-bond donors (Lipinski definition) is 2. The number of aliphatic imine (C=N–C) groups is 1. The minimum atomic E-state index is -0.710. The van der Waals surface area contributed by atoms with Gasteiger partial charge in [0, 0.05) is 54.6 Å². The summed E-state index contributed by atoms with van der Waals surface area (Å²) in [4.78, 5) is 56.8. The highest BCUT2D eigenvalue weighted by molar-refractivity contribution is 6.09. The minimum Gasteiger partial charge on any atom is -0.453 e. The number of methoxy groups -OCH3 is 2. The molecule has 8 rings (SSSR count). The second-order valence-corrected chi connectivity index (χ2v) is 17.6.